The summed E-state index contributed by atoms with van der Waals surface area (Å²) in [6, 6.07) is -0.0267. The number of hydrogen-bond acceptors (Lipinski definition) is 3. The fourth-order valence-corrected chi connectivity index (χ4v) is 3.57. The van der Waals surface area contributed by atoms with Crippen LogP contribution in [0.4, 0.5) is 4.79 Å². The van der Waals surface area contributed by atoms with Gasteiger partial charge in [0, 0.05) is 26.2 Å². The molecule has 2 aliphatic rings. The van der Waals surface area contributed by atoms with Crippen LogP contribution in [0.15, 0.2) is 0 Å². The third-order valence-electron chi connectivity index (χ3n) is 4.66. The predicted octanol–water partition coefficient (Wildman–Crippen LogP) is 1.32. The Labute approximate surface area is 126 Å². The van der Waals surface area contributed by atoms with E-state index in [0.29, 0.717) is 12.5 Å². The summed E-state index contributed by atoms with van der Waals surface area (Å²) in [6.45, 7) is 2.62. The summed E-state index contributed by atoms with van der Waals surface area (Å²) in [7, 11) is 3.89. The standard InChI is InChI=1S/C15H27N3O3/c1-16-8-7-12(9-16)10-17(2)15(21)18(11-14(19)20)13-5-3-4-6-13/h12-13H,3-11H2,1-2H3,(H,19,20). The predicted molar refractivity (Wildman–Crippen MR) is 80.2 cm³/mol. The number of rotatable bonds is 5. The first kappa shape index (κ1) is 16.1. The lowest BCUT2D eigenvalue weighted by Crippen LogP contribution is -2.49. The molecule has 0 spiro atoms. The van der Waals surface area contributed by atoms with Gasteiger partial charge in [-0.3, -0.25) is 4.79 Å². The van der Waals surface area contributed by atoms with Gasteiger partial charge in [0.2, 0.25) is 0 Å². The molecule has 6 heteroatoms. The summed E-state index contributed by atoms with van der Waals surface area (Å²) in [4.78, 5) is 29.2. The van der Waals surface area contributed by atoms with Crippen molar-refractivity contribution < 1.29 is 14.7 Å². The molecule has 21 heavy (non-hydrogen) atoms. The van der Waals surface area contributed by atoms with Crippen LogP contribution >= 0.6 is 0 Å². The fourth-order valence-electron chi connectivity index (χ4n) is 3.57. The first-order chi connectivity index (χ1) is 9.97. The minimum Gasteiger partial charge on any atom is -0.480 e. The Morgan fingerprint density at radius 3 is 2.43 bits per heavy atom. The second-order valence-corrected chi connectivity index (χ2v) is 6.54. The molecule has 1 heterocycles. The Bertz CT molecular complexity index is 382. The molecule has 6 nitrogen and oxygen atoms in total. The van der Waals surface area contributed by atoms with Crippen molar-refractivity contribution in [1.29, 1.82) is 0 Å². The molecule has 2 fully saturated rings. The molecule has 0 radical (unpaired) electrons. The molecule has 1 aliphatic heterocycles. The van der Waals surface area contributed by atoms with E-state index < -0.39 is 5.97 Å². The molecule has 1 atom stereocenters. The lowest BCUT2D eigenvalue weighted by atomic mass is 10.1. The Kier molecular flexibility index (Phi) is 5.45. The minimum absolute atomic E-state index is 0.0994. The third-order valence-corrected chi connectivity index (χ3v) is 4.66. The molecule has 1 aliphatic carbocycles. The summed E-state index contributed by atoms with van der Waals surface area (Å²) >= 11 is 0. The molecule has 1 unspecified atom stereocenters. The molecule has 0 aromatic carbocycles. The number of urea groups is 1. The molecular weight excluding hydrogens is 270 g/mol. The second kappa shape index (κ2) is 7.11. The SMILES string of the molecule is CN1CCC(CN(C)C(=O)N(CC(=O)O)C2CCCC2)C1. The minimum atomic E-state index is -0.927. The molecule has 2 amide bonds. The molecule has 1 N–H and O–H groups in total. The summed E-state index contributed by atoms with van der Waals surface area (Å²) in [6.07, 6.45) is 5.14. The van der Waals surface area contributed by atoms with Crippen LogP contribution in [0.2, 0.25) is 0 Å². The Morgan fingerprint density at radius 2 is 1.90 bits per heavy atom. The lowest BCUT2D eigenvalue weighted by Gasteiger charge is -2.32. The highest BCUT2D eigenvalue weighted by molar-refractivity contribution is 5.80. The smallest absolute Gasteiger partial charge is 0.323 e. The van der Waals surface area contributed by atoms with E-state index in [9.17, 15) is 9.59 Å². The van der Waals surface area contributed by atoms with Gasteiger partial charge in [-0.2, -0.15) is 0 Å². The van der Waals surface area contributed by atoms with Crippen LogP contribution in [-0.2, 0) is 4.79 Å². The molecule has 1 saturated heterocycles. The highest BCUT2D eigenvalue weighted by Crippen LogP contribution is 2.24. The first-order valence-electron chi connectivity index (χ1n) is 7.89. The molecule has 120 valence electrons. The Balaban J connectivity index is 1.94. The average molecular weight is 297 g/mol. The van der Waals surface area contributed by atoms with Crippen LogP contribution in [0.5, 0.6) is 0 Å². The normalized spacial score (nSPS) is 23.4. The van der Waals surface area contributed by atoms with Crippen molar-refractivity contribution in [2.75, 3.05) is 40.3 Å². The van der Waals surface area contributed by atoms with Crippen LogP contribution in [0, 0.1) is 5.92 Å². The fraction of sp³-hybridized carbons (Fsp3) is 0.867. The topological polar surface area (TPSA) is 64.1 Å². The van der Waals surface area contributed by atoms with Crippen molar-refractivity contribution in [1.82, 2.24) is 14.7 Å². The Hall–Kier alpha value is -1.30. The van der Waals surface area contributed by atoms with Gasteiger partial charge in [-0.15, -0.1) is 0 Å². The summed E-state index contributed by atoms with van der Waals surface area (Å²) < 4.78 is 0. The van der Waals surface area contributed by atoms with Crippen LogP contribution in [0.1, 0.15) is 32.1 Å². The lowest BCUT2D eigenvalue weighted by molar-refractivity contribution is -0.138. The van der Waals surface area contributed by atoms with Crippen molar-refractivity contribution in [2.24, 2.45) is 5.92 Å². The molecule has 1 saturated carbocycles. The van der Waals surface area contributed by atoms with E-state index in [1.54, 1.807) is 16.8 Å². The molecule has 0 aromatic heterocycles. The molecule has 0 bridgehead atoms. The van der Waals surface area contributed by atoms with E-state index in [1.165, 1.54) is 0 Å². The molecule has 0 aromatic rings. The zero-order valence-electron chi connectivity index (χ0n) is 13.1. The number of carboxylic acids is 1. The van der Waals surface area contributed by atoms with Gasteiger partial charge in [-0.25, -0.2) is 4.79 Å². The molecular formula is C15H27N3O3. The maximum Gasteiger partial charge on any atom is 0.323 e. The zero-order valence-corrected chi connectivity index (χ0v) is 13.1. The van der Waals surface area contributed by atoms with Gasteiger partial charge in [0.1, 0.15) is 6.54 Å². The van der Waals surface area contributed by atoms with E-state index in [4.69, 9.17) is 5.11 Å². The van der Waals surface area contributed by atoms with Gasteiger partial charge in [-0.1, -0.05) is 12.8 Å². The van der Waals surface area contributed by atoms with Crippen LogP contribution in [-0.4, -0.2) is 78.1 Å². The number of hydrogen-bond donors (Lipinski definition) is 1. The zero-order chi connectivity index (χ0) is 15.4. The second-order valence-electron chi connectivity index (χ2n) is 6.54. The number of carbonyl (C=O) groups excluding carboxylic acids is 1. The largest absolute Gasteiger partial charge is 0.480 e. The number of nitrogens with zero attached hydrogens (tertiary/aromatic N) is 3. The van der Waals surface area contributed by atoms with Gasteiger partial charge in [-0.05, 0) is 38.8 Å². The van der Waals surface area contributed by atoms with Crippen molar-refractivity contribution in [2.45, 2.75) is 38.1 Å². The van der Waals surface area contributed by atoms with Gasteiger partial charge in [0.25, 0.3) is 0 Å². The number of aliphatic carboxylic acids is 1. The number of likely N-dealkylation sites (tertiary alicyclic amines) is 1. The summed E-state index contributed by atoms with van der Waals surface area (Å²) in [5.41, 5.74) is 0. The van der Waals surface area contributed by atoms with E-state index in [2.05, 4.69) is 11.9 Å². The van der Waals surface area contributed by atoms with Gasteiger partial charge >= 0.3 is 12.0 Å². The Morgan fingerprint density at radius 1 is 1.24 bits per heavy atom. The summed E-state index contributed by atoms with van der Waals surface area (Å²) in [5, 5.41) is 9.07. The van der Waals surface area contributed by atoms with Gasteiger partial charge < -0.3 is 19.8 Å². The number of carbonyl (C=O) groups is 2. The quantitative estimate of drug-likeness (QED) is 0.831. The third kappa shape index (κ3) is 4.33. The van der Waals surface area contributed by atoms with E-state index in [1.807, 2.05) is 0 Å². The van der Waals surface area contributed by atoms with Crippen molar-refractivity contribution in [3.63, 3.8) is 0 Å². The maximum atomic E-state index is 12.6. The molecule has 2 rings (SSSR count). The van der Waals surface area contributed by atoms with E-state index >= 15 is 0 Å². The maximum absolute atomic E-state index is 12.6. The van der Waals surface area contributed by atoms with Crippen LogP contribution in [0.25, 0.3) is 0 Å². The monoisotopic (exact) mass is 297 g/mol. The van der Waals surface area contributed by atoms with Crippen molar-refractivity contribution in [3.05, 3.63) is 0 Å². The summed E-state index contributed by atoms with van der Waals surface area (Å²) in [5.74, 6) is -0.427. The van der Waals surface area contributed by atoms with Gasteiger partial charge in [0.05, 0.1) is 0 Å². The average Bonchev–Trinajstić information content (AvgIpc) is 3.06. The van der Waals surface area contributed by atoms with Crippen molar-refractivity contribution in [3.8, 4) is 0 Å². The van der Waals surface area contributed by atoms with Crippen LogP contribution in [0.3, 0.4) is 0 Å². The number of carboxylic acid groups (broad SMARTS) is 1. The van der Waals surface area contributed by atoms with E-state index in [-0.39, 0.29) is 18.6 Å². The first-order valence-corrected chi connectivity index (χ1v) is 7.89. The van der Waals surface area contributed by atoms with Crippen LogP contribution < -0.4 is 0 Å². The van der Waals surface area contributed by atoms with Crippen molar-refractivity contribution >= 4 is 12.0 Å². The number of amides is 2. The van der Waals surface area contributed by atoms with E-state index in [0.717, 1.165) is 45.2 Å². The van der Waals surface area contributed by atoms with Gasteiger partial charge in [0.15, 0.2) is 0 Å². The highest BCUT2D eigenvalue weighted by Gasteiger charge is 2.31. The highest BCUT2D eigenvalue weighted by atomic mass is 16.4.